The molecule has 0 unspecified atom stereocenters. The highest BCUT2D eigenvalue weighted by Gasteiger charge is 2.23. The topological polar surface area (TPSA) is 52.0 Å². The van der Waals surface area contributed by atoms with Crippen LogP contribution in [0.2, 0.25) is 8.67 Å². The fraction of sp³-hybridized carbons (Fsp3) is 0.316. The van der Waals surface area contributed by atoms with Crippen LogP contribution in [0.5, 0.6) is 0 Å². The number of hydrogen-bond acceptors (Lipinski definition) is 6. The number of Topliss-reactive ketones (excluding diaryl/α,β-unsaturated/α-hetero) is 1. The Bertz CT molecular complexity index is 1150. The standard InChI is InChI=1S/C19H16Cl2N2O2S3/c1-2-7-23-18(25)15-10-5-3-4-6-13(10)27-17(15)22-19(23)26-9-12(24)11-8-14(20)28-16(11)21/h2,8H,1,3-7,9H2. The van der Waals surface area contributed by atoms with Crippen molar-refractivity contribution in [3.8, 4) is 0 Å². The van der Waals surface area contributed by atoms with Crippen LogP contribution >= 0.6 is 57.6 Å². The Labute approximate surface area is 184 Å². The van der Waals surface area contributed by atoms with Crippen LogP contribution in [0, 0.1) is 0 Å². The summed E-state index contributed by atoms with van der Waals surface area (Å²) in [5.74, 6) is -0.00409. The second-order valence-electron chi connectivity index (χ2n) is 6.44. The summed E-state index contributed by atoms with van der Waals surface area (Å²) >= 11 is 16.0. The second kappa shape index (κ2) is 8.32. The van der Waals surface area contributed by atoms with Crippen molar-refractivity contribution in [1.82, 2.24) is 9.55 Å². The third-order valence-electron chi connectivity index (χ3n) is 4.64. The minimum Gasteiger partial charge on any atom is -0.293 e. The smallest absolute Gasteiger partial charge is 0.263 e. The van der Waals surface area contributed by atoms with Crippen molar-refractivity contribution in [2.75, 3.05) is 5.75 Å². The first-order chi connectivity index (χ1) is 13.5. The molecule has 28 heavy (non-hydrogen) atoms. The van der Waals surface area contributed by atoms with Gasteiger partial charge >= 0.3 is 0 Å². The van der Waals surface area contributed by atoms with Gasteiger partial charge in [-0.1, -0.05) is 41.0 Å². The van der Waals surface area contributed by atoms with E-state index < -0.39 is 0 Å². The van der Waals surface area contributed by atoms with E-state index in [0.29, 0.717) is 25.9 Å². The predicted octanol–water partition coefficient (Wildman–Crippen LogP) is 5.87. The molecule has 0 fully saturated rings. The summed E-state index contributed by atoms with van der Waals surface area (Å²) in [4.78, 5) is 32.5. The van der Waals surface area contributed by atoms with Crippen LogP contribution < -0.4 is 5.56 Å². The summed E-state index contributed by atoms with van der Waals surface area (Å²) in [6, 6.07) is 1.58. The van der Waals surface area contributed by atoms with E-state index in [1.165, 1.54) is 28.0 Å². The molecule has 0 atom stereocenters. The maximum absolute atomic E-state index is 13.2. The lowest BCUT2D eigenvalue weighted by Crippen LogP contribution is -2.23. The number of rotatable bonds is 6. The number of nitrogens with zero attached hydrogens (tertiary/aromatic N) is 2. The Kier molecular flexibility index (Phi) is 5.99. The lowest BCUT2D eigenvalue weighted by Gasteiger charge is -2.12. The maximum atomic E-state index is 13.2. The summed E-state index contributed by atoms with van der Waals surface area (Å²) in [5, 5.41) is 1.27. The molecule has 3 heterocycles. The molecule has 1 aliphatic rings. The van der Waals surface area contributed by atoms with Gasteiger partial charge in [-0.25, -0.2) is 4.98 Å². The number of allylic oxidation sites excluding steroid dienone is 1. The average Bonchev–Trinajstić information content (AvgIpc) is 3.21. The predicted molar refractivity (Wildman–Crippen MR) is 120 cm³/mol. The van der Waals surface area contributed by atoms with Gasteiger partial charge in [-0.3, -0.25) is 14.2 Å². The number of ketones is 1. The first-order valence-electron chi connectivity index (χ1n) is 8.76. The molecule has 4 nitrogen and oxygen atoms in total. The highest BCUT2D eigenvalue weighted by molar-refractivity contribution is 7.99. The molecule has 0 radical (unpaired) electrons. The lowest BCUT2D eigenvalue weighted by molar-refractivity contribution is 0.102. The van der Waals surface area contributed by atoms with Crippen LogP contribution in [0.4, 0.5) is 0 Å². The molecular formula is C19H16Cl2N2O2S3. The van der Waals surface area contributed by atoms with Gasteiger partial charge in [0.15, 0.2) is 10.9 Å². The van der Waals surface area contributed by atoms with E-state index in [1.807, 2.05) is 0 Å². The molecule has 3 aromatic heterocycles. The number of thioether (sulfide) groups is 1. The Balaban J connectivity index is 1.70. The van der Waals surface area contributed by atoms with Crippen LogP contribution in [0.25, 0.3) is 10.2 Å². The van der Waals surface area contributed by atoms with Crippen molar-refractivity contribution in [3.63, 3.8) is 0 Å². The van der Waals surface area contributed by atoms with Crippen molar-refractivity contribution in [1.29, 1.82) is 0 Å². The molecule has 9 heteroatoms. The van der Waals surface area contributed by atoms with E-state index in [1.54, 1.807) is 28.0 Å². The fourth-order valence-corrected chi connectivity index (χ4v) is 7.05. The Hall–Kier alpha value is -1.12. The molecule has 0 bridgehead atoms. The second-order valence-corrected chi connectivity index (χ2v) is 10.8. The number of carbonyl (C=O) groups excluding carboxylic acids is 1. The molecule has 0 spiro atoms. The van der Waals surface area contributed by atoms with Gasteiger partial charge in [0.2, 0.25) is 0 Å². The minimum atomic E-state index is -0.136. The lowest BCUT2D eigenvalue weighted by atomic mass is 9.97. The Morgan fingerprint density at radius 3 is 2.82 bits per heavy atom. The number of halogens is 2. The summed E-state index contributed by atoms with van der Waals surface area (Å²) in [5.41, 5.74) is 1.53. The van der Waals surface area contributed by atoms with E-state index in [9.17, 15) is 9.59 Å². The average molecular weight is 471 g/mol. The highest BCUT2D eigenvalue weighted by atomic mass is 35.5. The zero-order valence-electron chi connectivity index (χ0n) is 14.8. The zero-order valence-corrected chi connectivity index (χ0v) is 18.8. The summed E-state index contributed by atoms with van der Waals surface area (Å²) in [6.45, 7) is 4.11. The van der Waals surface area contributed by atoms with Gasteiger partial charge < -0.3 is 0 Å². The molecular weight excluding hydrogens is 455 g/mol. The first kappa shape index (κ1) is 20.2. The van der Waals surface area contributed by atoms with Gasteiger partial charge in [-0.15, -0.1) is 29.3 Å². The van der Waals surface area contributed by atoms with Crippen molar-refractivity contribution < 1.29 is 4.79 Å². The van der Waals surface area contributed by atoms with E-state index in [2.05, 4.69) is 6.58 Å². The normalized spacial score (nSPS) is 13.6. The fourth-order valence-electron chi connectivity index (χ4n) is 3.36. The molecule has 4 rings (SSSR count). The number of fused-ring (bicyclic) bond motifs is 3. The molecule has 0 aliphatic heterocycles. The van der Waals surface area contributed by atoms with E-state index in [0.717, 1.165) is 41.5 Å². The molecule has 146 valence electrons. The number of aryl methyl sites for hydroxylation is 2. The Morgan fingerprint density at radius 1 is 1.32 bits per heavy atom. The molecule has 0 aromatic carbocycles. The SMILES string of the molecule is C=CCn1c(SCC(=O)c2cc(Cl)sc2Cl)nc2sc3c(c2c1=O)CCCC3. The van der Waals surface area contributed by atoms with Gasteiger partial charge in [0.1, 0.15) is 9.17 Å². The summed E-state index contributed by atoms with van der Waals surface area (Å²) in [6.07, 6.45) is 5.88. The van der Waals surface area contributed by atoms with Crippen LogP contribution in [0.1, 0.15) is 33.6 Å². The molecule has 3 aromatic rings. The summed E-state index contributed by atoms with van der Waals surface area (Å²) < 4.78 is 2.47. The Morgan fingerprint density at radius 2 is 2.11 bits per heavy atom. The quantitative estimate of drug-likeness (QED) is 0.195. The van der Waals surface area contributed by atoms with Gasteiger partial charge in [0, 0.05) is 17.0 Å². The van der Waals surface area contributed by atoms with Gasteiger partial charge in [0.05, 0.1) is 15.5 Å². The highest BCUT2D eigenvalue weighted by Crippen LogP contribution is 2.35. The van der Waals surface area contributed by atoms with Gasteiger partial charge in [0.25, 0.3) is 5.56 Å². The molecule has 0 saturated heterocycles. The van der Waals surface area contributed by atoms with E-state index in [4.69, 9.17) is 28.2 Å². The monoisotopic (exact) mass is 470 g/mol. The third-order valence-corrected chi connectivity index (χ3v) is 8.29. The molecule has 0 amide bonds. The van der Waals surface area contributed by atoms with Crippen molar-refractivity contribution in [2.45, 2.75) is 37.4 Å². The molecule has 0 saturated carbocycles. The zero-order chi connectivity index (χ0) is 19.8. The largest absolute Gasteiger partial charge is 0.293 e. The molecule has 0 N–H and O–H groups in total. The van der Waals surface area contributed by atoms with Crippen LogP contribution in [-0.4, -0.2) is 21.1 Å². The number of aromatic nitrogens is 2. The van der Waals surface area contributed by atoms with Gasteiger partial charge in [-0.2, -0.15) is 0 Å². The first-order valence-corrected chi connectivity index (χ1v) is 12.1. The summed E-state index contributed by atoms with van der Waals surface area (Å²) in [7, 11) is 0. The van der Waals surface area contributed by atoms with Crippen LogP contribution in [0.3, 0.4) is 0 Å². The van der Waals surface area contributed by atoms with Gasteiger partial charge in [-0.05, 0) is 37.3 Å². The minimum absolute atomic E-state index is 0.0455. The number of thiophene rings is 2. The maximum Gasteiger partial charge on any atom is 0.263 e. The van der Waals surface area contributed by atoms with Crippen molar-refractivity contribution in [2.24, 2.45) is 0 Å². The third kappa shape index (κ3) is 3.71. The van der Waals surface area contributed by atoms with E-state index in [-0.39, 0.29) is 17.1 Å². The van der Waals surface area contributed by atoms with Crippen molar-refractivity contribution in [3.05, 3.63) is 53.8 Å². The number of carbonyl (C=O) groups is 1. The van der Waals surface area contributed by atoms with Crippen LogP contribution in [0.15, 0.2) is 28.7 Å². The van der Waals surface area contributed by atoms with E-state index >= 15 is 0 Å². The number of hydrogen-bond donors (Lipinski definition) is 0. The van der Waals surface area contributed by atoms with Crippen LogP contribution in [-0.2, 0) is 19.4 Å². The van der Waals surface area contributed by atoms with Crippen molar-refractivity contribution >= 4 is 73.6 Å². The molecule has 1 aliphatic carbocycles.